The smallest absolute Gasteiger partial charge is 0.116 e. The Morgan fingerprint density at radius 2 is 2.22 bits per heavy atom. The van der Waals surface area contributed by atoms with Crippen LogP contribution in [0.15, 0.2) is 30.5 Å². The molecular weight excluding hydrogens is 288 g/mol. The van der Waals surface area contributed by atoms with Gasteiger partial charge in [-0.15, -0.1) is 0 Å². The van der Waals surface area contributed by atoms with Crippen molar-refractivity contribution < 1.29 is 9.84 Å². The molecule has 6 atom stereocenters. The van der Waals surface area contributed by atoms with Crippen LogP contribution in [-0.2, 0) is 4.74 Å². The first kappa shape index (κ1) is 13.8. The van der Waals surface area contributed by atoms with Crippen molar-refractivity contribution in [1.29, 1.82) is 0 Å². The number of benzene rings is 1. The van der Waals surface area contributed by atoms with Crippen LogP contribution in [0.2, 0.25) is 0 Å². The Balaban J connectivity index is 1.65. The van der Waals surface area contributed by atoms with Gasteiger partial charge in [0, 0.05) is 30.1 Å². The number of hydrogen-bond acceptors (Lipinski definition) is 4. The summed E-state index contributed by atoms with van der Waals surface area (Å²) in [4.78, 5) is 7.08. The Bertz CT molecular complexity index is 762. The van der Waals surface area contributed by atoms with Crippen molar-refractivity contribution in [2.24, 2.45) is 11.8 Å². The van der Waals surface area contributed by atoms with Crippen LogP contribution in [0.25, 0.3) is 10.9 Å². The molecule has 1 N–H and O–H groups in total. The highest BCUT2D eigenvalue weighted by molar-refractivity contribution is 5.83. The van der Waals surface area contributed by atoms with Gasteiger partial charge >= 0.3 is 0 Å². The average molecular weight is 310 g/mol. The largest absolute Gasteiger partial charge is 0.508 e. The molecule has 5 fully saturated rings. The summed E-state index contributed by atoms with van der Waals surface area (Å²) in [6.45, 7) is 4.62. The maximum Gasteiger partial charge on any atom is 0.116 e. The van der Waals surface area contributed by atoms with Gasteiger partial charge in [-0.2, -0.15) is 0 Å². The molecule has 1 aromatic carbocycles. The predicted molar refractivity (Wildman–Crippen MR) is 88.3 cm³/mol. The molecule has 0 saturated carbocycles. The summed E-state index contributed by atoms with van der Waals surface area (Å²) in [7, 11) is 0. The van der Waals surface area contributed by atoms with E-state index in [9.17, 15) is 5.11 Å². The molecule has 0 radical (unpaired) electrons. The van der Waals surface area contributed by atoms with Crippen molar-refractivity contribution in [2.75, 3.05) is 13.1 Å². The summed E-state index contributed by atoms with van der Waals surface area (Å²) in [5.41, 5.74) is 2.10. The number of fused-ring (bicyclic) bond motifs is 4. The number of hydrogen-bond donors (Lipinski definition) is 1. The molecule has 4 nitrogen and oxygen atoms in total. The molecule has 0 amide bonds. The number of aromatic nitrogens is 1. The van der Waals surface area contributed by atoms with Crippen molar-refractivity contribution in [3.8, 4) is 5.75 Å². The normalized spacial score (nSPS) is 38.8. The number of ether oxygens (including phenoxy) is 1. The van der Waals surface area contributed by atoms with Crippen molar-refractivity contribution >= 4 is 10.9 Å². The molecule has 5 aliphatic heterocycles. The molecule has 7 rings (SSSR count). The Kier molecular flexibility index (Phi) is 2.94. The quantitative estimate of drug-likeness (QED) is 0.879. The first-order valence-corrected chi connectivity index (χ1v) is 8.68. The van der Waals surface area contributed by atoms with E-state index in [-0.39, 0.29) is 6.10 Å². The first-order valence-electron chi connectivity index (χ1n) is 8.68. The molecule has 1 aromatic heterocycles. The fraction of sp³-hybridized carbons (Fsp3) is 0.526. The van der Waals surface area contributed by atoms with E-state index in [4.69, 9.17) is 4.74 Å². The van der Waals surface area contributed by atoms with E-state index in [1.54, 1.807) is 6.07 Å². The Hall–Kier alpha value is -1.65. The van der Waals surface area contributed by atoms with Gasteiger partial charge in [0.05, 0.1) is 17.7 Å². The van der Waals surface area contributed by atoms with Gasteiger partial charge in [-0.05, 0) is 62.1 Å². The molecule has 120 valence electrons. The number of piperidine rings is 3. The fourth-order valence-corrected chi connectivity index (χ4v) is 5.06. The minimum atomic E-state index is 0.0765. The van der Waals surface area contributed by atoms with Crippen LogP contribution >= 0.6 is 0 Å². The van der Waals surface area contributed by atoms with Crippen LogP contribution in [0.3, 0.4) is 0 Å². The summed E-state index contributed by atoms with van der Waals surface area (Å²) >= 11 is 0. The van der Waals surface area contributed by atoms with E-state index in [0.717, 1.165) is 16.8 Å². The molecule has 0 aliphatic carbocycles. The van der Waals surface area contributed by atoms with Crippen molar-refractivity contribution in [1.82, 2.24) is 9.88 Å². The van der Waals surface area contributed by atoms with Crippen LogP contribution in [0.4, 0.5) is 0 Å². The second-order valence-electron chi connectivity index (χ2n) is 7.37. The highest BCUT2D eigenvalue weighted by Gasteiger charge is 2.49. The SMILES string of the molecule is C[C@H]1O[C@@H](c2ccnc3ccc(O)cc23)[C@H]2C[C@@H]3CCN2C[C@@H]31. The van der Waals surface area contributed by atoms with Gasteiger partial charge in [0.2, 0.25) is 0 Å². The summed E-state index contributed by atoms with van der Waals surface area (Å²) in [5.74, 6) is 1.78. The Morgan fingerprint density at radius 1 is 1.30 bits per heavy atom. The molecule has 1 unspecified atom stereocenters. The lowest BCUT2D eigenvalue weighted by Crippen LogP contribution is -2.54. The monoisotopic (exact) mass is 310 g/mol. The second-order valence-corrected chi connectivity index (χ2v) is 7.37. The van der Waals surface area contributed by atoms with Gasteiger partial charge < -0.3 is 9.84 Å². The number of phenols is 1. The lowest BCUT2D eigenvalue weighted by Gasteiger charge is -2.48. The topological polar surface area (TPSA) is 45.6 Å². The lowest BCUT2D eigenvalue weighted by atomic mass is 9.73. The molecule has 0 spiro atoms. The highest BCUT2D eigenvalue weighted by atomic mass is 16.5. The van der Waals surface area contributed by atoms with Gasteiger partial charge in [-0.1, -0.05) is 0 Å². The molecule has 23 heavy (non-hydrogen) atoms. The minimum absolute atomic E-state index is 0.0765. The molecule has 4 bridgehead atoms. The number of nitrogens with zero attached hydrogens (tertiary/aromatic N) is 2. The van der Waals surface area contributed by atoms with E-state index in [0.29, 0.717) is 23.8 Å². The molecule has 5 saturated heterocycles. The summed E-state index contributed by atoms with van der Waals surface area (Å²) in [6.07, 6.45) is 4.79. The number of phenolic OH excluding ortho intramolecular Hbond substituents is 1. The third-order valence-electron chi connectivity index (χ3n) is 6.23. The average Bonchev–Trinajstić information content (AvgIpc) is 2.78. The van der Waals surface area contributed by atoms with Crippen LogP contribution < -0.4 is 0 Å². The molecule has 5 aliphatic rings. The van der Waals surface area contributed by atoms with Crippen molar-refractivity contribution in [3.63, 3.8) is 0 Å². The van der Waals surface area contributed by atoms with Crippen molar-refractivity contribution in [2.45, 2.75) is 38.0 Å². The zero-order chi connectivity index (χ0) is 15.6. The zero-order valence-electron chi connectivity index (χ0n) is 13.4. The first-order chi connectivity index (χ1) is 11.2. The summed E-state index contributed by atoms with van der Waals surface area (Å²) in [5, 5.41) is 10.9. The number of rotatable bonds is 1. The zero-order valence-corrected chi connectivity index (χ0v) is 13.4. The van der Waals surface area contributed by atoms with Crippen LogP contribution in [-0.4, -0.2) is 40.2 Å². The van der Waals surface area contributed by atoms with Crippen LogP contribution in [0, 0.1) is 11.8 Å². The molecule has 4 heteroatoms. The predicted octanol–water partition coefficient (Wildman–Crippen LogP) is 3.11. The Morgan fingerprint density at radius 3 is 3.04 bits per heavy atom. The Labute approximate surface area is 136 Å². The van der Waals surface area contributed by atoms with Crippen LogP contribution in [0.5, 0.6) is 5.75 Å². The lowest BCUT2D eigenvalue weighted by molar-refractivity contribution is -0.0213. The maximum absolute atomic E-state index is 9.92. The van der Waals surface area contributed by atoms with Gasteiger partial charge in [0.25, 0.3) is 0 Å². The molecular formula is C19H22N2O2. The summed E-state index contributed by atoms with van der Waals surface area (Å²) in [6, 6.07) is 7.96. The molecule has 6 heterocycles. The molecule has 2 aromatic rings. The number of pyridine rings is 1. The number of aromatic hydroxyl groups is 1. The van der Waals surface area contributed by atoms with Gasteiger partial charge in [-0.25, -0.2) is 0 Å². The maximum atomic E-state index is 9.92. The third-order valence-corrected chi connectivity index (χ3v) is 6.23. The summed E-state index contributed by atoms with van der Waals surface area (Å²) < 4.78 is 6.56. The highest BCUT2D eigenvalue weighted by Crippen LogP contribution is 2.48. The van der Waals surface area contributed by atoms with Crippen LogP contribution in [0.1, 0.15) is 31.4 Å². The van der Waals surface area contributed by atoms with E-state index in [2.05, 4.69) is 22.9 Å². The van der Waals surface area contributed by atoms with Gasteiger partial charge in [-0.3, -0.25) is 9.88 Å². The van der Waals surface area contributed by atoms with E-state index in [1.807, 2.05) is 18.3 Å². The van der Waals surface area contributed by atoms with Crippen molar-refractivity contribution in [3.05, 3.63) is 36.0 Å². The van der Waals surface area contributed by atoms with Gasteiger partial charge in [0.15, 0.2) is 0 Å². The van der Waals surface area contributed by atoms with E-state index in [1.165, 1.54) is 31.5 Å². The standard InChI is InChI=1S/C19H22N2O2/c1-11-16-10-21-7-5-12(16)8-18(21)19(23-11)14-4-6-20-17-3-2-13(22)9-15(14)17/h2-4,6,9,11-12,16,18-19,22H,5,7-8,10H2,1H3/t11-,12+,16-,18-,19+/m1/s1. The third kappa shape index (κ3) is 2.01. The fourth-order valence-electron chi connectivity index (χ4n) is 5.06. The second kappa shape index (κ2) is 4.92. The van der Waals surface area contributed by atoms with E-state index >= 15 is 0 Å². The van der Waals surface area contributed by atoms with Gasteiger partial charge in [0.1, 0.15) is 5.75 Å². The minimum Gasteiger partial charge on any atom is -0.508 e. The van der Waals surface area contributed by atoms with E-state index < -0.39 is 0 Å².